The first-order chi connectivity index (χ1) is 13.4. The second-order valence-corrected chi connectivity index (χ2v) is 9.29. The predicted molar refractivity (Wildman–Crippen MR) is 110 cm³/mol. The number of hydrogen-bond donors (Lipinski definition) is 1. The van der Waals surface area contributed by atoms with Gasteiger partial charge in [-0.2, -0.15) is 8.42 Å². The van der Waals surface area contributed by atoms with E-state index >= 15 is 0 Å². The van der Waals surface area contributed by atoms with Crippen LogP contribution in [0.4, 0.5) is 11.4 Å². The summed E-state index contributed by atoms with van der Waals surface area (Å²) in [7, 11) is -4.41. The van der Waals surface area contributed by atoms with Crippen LogP contribution in [0, 0.1) is 0 Å². The van der Waals surface area contributed by atoms with Gasteiger partial charge in [-0.3, -0.25) is 4.55 Å². The van der Waals surface area contributed by atoms with Gasteiger partial charge in [-0.05, 0) is 36.8 Å². The van der Waals surface area contributed by atoms with Gasteiger partial charge >= 0.3 is 0 Å². The SMILES string of the molecule is O=S(=O)(O)C(CCN1c2ccccc2Sc2ccccc21)c1nccc(Cl)n1. The molecule has 1 unspecified atom stereocenters. The Morgan fingerprint density at radius 1 is 1.04 bits per heavy atom. The summed E-state index contributed by atoms with van der Waals surface area (Å²) in [6.45, 7) is 0.356. The molecule has 9 heteroatoms. The highest BCUT2D eigenvalue weighted by atomic mass is 35.5. The van der Waals surface area contributed by atoms with Crippen molar-refractivity contribution in [2.45, 2.75) is 21.5 Å². The van der Waals surface area contributed by atoms with Crippen molar-refractivity contribution >= 4 is 44.9 Å². The Kier molecular flexibility index (Phi) is 5.29. The van der Waals surface area contributed by atoms with Crippen LogP contribution in [0.5, 0.6) is 0 Å². The van der Waals surface area contributed by atoms with Crippen molar-refractivity contribution < 1.29 is 13.0 Å². The van der Waals surface area contributed by atoms with E-state index in [-0.39, 0.29) is 17.4 Å². The maximum absolute atomic E-state index is 12.0. The highest BCUT2D eigenvalue weighted by Crippen LogP contribution is 2.48. The van der Waals surface area contributed by atoms with Gasteiger partial charge in [0, 0.05) is 22.5 Å². The van der Waals surface area contributed by atoms with Crippen LogP contribution in [0.3, 0.4) is 0 Å². The molecule has 1 aliphatic rings. The summed E-state index contributed by atoms with van der Waals surface area (Å²) in [4.78, 5) is 12.2. The molecule has 1 N–H and O–H groups in total. The van der Waals surface area contributed by atoms with E-state index in [1.165, 1.54) is 12.3 Å². The molecule has 0 amide bonds. The lowest BCUT2D eigenvalue weighted by molar-refractivity contribution is 0.461. The molecule has 2 aromatic carbocycles. The Labute approximate surface area is 172 Å². The van der Waals surface area contributed by atoms with Crippen molar-refractivity contribution in [1.29, 1.82) is 0 Å². The van der Waals surface area contributed by atoms with E-state index in [1.54, 1.807) is 11.8 Å². The Morgan fingerprint density at radius 2 is 1.64 bits per heavy atom. The first-order valence-electron chi connectivity index (χ1n) is 8.51. The lowest BCUT2D eigenvalue weighted by atomic mass is 10.2. The fourth-order valence-electron chi connectivity index (χ4n) is 3.19. The summed E-state index contributed by atoms with van der Waals surface area (Å²) in [5, 5.41) is -1.14. The van der Waals surface area contributed by atoms with Gasteiger partial charge in [0.2, 0.25) is 0 Å². The van der Waals surface area contributed by atoms with Crippen molar-refractivity contribution in [3.05, 3.63) is 71.8 Å². The molecule has 144 valence electrons. The van der Waals surface area contributed by atoms with Crippen molar-refractivity contribution in [3.63, 3.8) is 0 Å². The van der Waals surface area contributed by atoms with Gasteiger partial charge in [-0.1, -0.05) is 47.6 Å². The Balaban J connectivity index is 1.69. The van der Waals surface area contributed by atoms with E-state index < -0.39 is 15.4 Å². The summed E-state index contributed by atoms with van der Waals surface area (Å²) in [6.07, 6.45) is 1.48. The molecule has 6 nitrogen and oxygen atoms in total. The second-order valence-electron chi connectivity index (χ2n) is 6.22. The van der Waals surface area contributed by atoms with Crippen LogP contribution in [-0.4, -0.2) is 29.5 Å². The first kappa shape index (κ1) is 19.2. The summed E-state index contributed by atoms with van der Waals surface area (Å²) in [5.74, 6) is -0.0112. The van der Waals surface area contributed by atoms with Crippen LogP contribution in [0.25, 0.3) is 0 Å². The average molecular weight is 434 g/mol. The molecule has 1 aromatic heterocycles. The van der Waals surface area contributed by atoms with Crippen LogP contribution < -0.4 is 4.90 Å². The molecule has 28 heavy (non-hydrogen) atoms. The number of nitrogens with zero attached hydrogens (tertiary/aromatic N) is 3. The van der Waals surface area contributed by atoms with Crippen molar-refractivity contribution in [2.24, 2.45) is 0 Å². The minimum atomic E-state index is -4.41. The number of anilines is 2. The molecule has 0 fully saturated rings. The molecular formula is C19H16ClN3O3S2. The zero-order valence-electron chi connectivity index (χ0n) is 14.6. The number of rotatable bonds is 5. The van der Waals surface area contributed by atoms with Crippen molar-refractivity contribution in [1.82, 2.24) is 9.97 Å². The number of aromatic nitrogens is 2. The third kappa shape index (κ3) is 3.86. The number of hydrogen-bond acceptors (Lipinski definition) is 6. The largest absolute Gasteiger partial charge is 0.340 e. The van der Waals surface area contributed by atoms with E-state index in [4.69, 9.17) is 11.6 Å². The maximum atomic E-state index is 12.0. The van der Waals surface area contributed by atoms with E-state index in [1.807, 2.05) is 48.5 Å². The Hall–Kier alpha value is -2.13. The smallest absolute Gasteiger partial charge is 0.275 e. The predicted octanol–water partition coefficient (Wildman–Crippen LogP) is 4.75. The molecule has 0 bridgehead atoms. The van der Waals surface area contributed by atoms with Gasteiger partial charge in [0.05, 0.1) is 11.4 Å². The molecule has 0 spiro atoms. The summed E-state index contributed by atoms with van der Waals surface area (Å²) in [5.41, 5.74) is 1.99. The molecule has 4 rings (SSSR count). The third-order valence-corrected chi connectivity index (χ3v) is 6.94. The van der Waals surface area contributed by atoms with Gasteiger partial charge in [-0.15, -0.1) is 0 Å². The van der Waals surface area contributed by atoms with Gasteiger partial charge in [-0.25, -0.2) is 9.97 Å². The lowest BCUT2D eigenvalue weighted by Crippen LogP contribution is -2.26. The number of para-hydroxylation sites is 2. The third-order valence-electron chi connectivity index (χ3n) is 4.43. The molecule has 2 heterocycles. The highest BCUT2D eigenvalue weighted by Gasteiger charge is 2.30. The Morgan fingerprint density at radius 3 is 2.21 bits per heavy atom. The summed E-state index contributed by atoms with van der Waals surface area (Å²) < 4.78 is 33.8. The molecule has 3 aromatic rings. The van der Waals surface area contributed by atoms with Crippen molar-refractivity contribution in [3.8, 4) is 0 Å². The zero-order chi connectivity index (χ0) is 19.7. The minimum Gasteiger partial charge on any atom is -0.340 e. The Bertz CT molecular complexity index is 1080. The first-order valence-corrected chi connectivity index (χ1v) is 11.2. The van der Waals surface area contributed by atoms with Gasteiger partial charge in [0.1, 0.15) is 10.4 Å². The topological polar surface area (TPSA) is 83.4 Å². The standard InChI is InChI=1S/C19H16ClN3O3S2/c20-18-9-11-21-19(22-18)17(28(24,25)26)10-12-23-13-5-1-3-7-15(13)27-16-8-4-2-6-14(16)23/h1-9,11,17H,10,12H2,(H,24,25,26). The highest BCUT2D eigenvalue weighted by molar-refractivity contribution is 7.99. The van der Waals surface area contributed by atoms with Crippen LogP contribution in [-0.2, 0) is 10.1 Å². The average Bonchev–Trinajstić information content (AvgIpc) is 2.66. The maximum Gasteiger partial charge on any atom is 0.275 e. The molecular weight excluding hydrogens is 418 g/mol. The fourth-order valence-corrected chi connectivity index (χ4v) is 5.21. The zero-order valence-corrected chi connectivity index (χ0v) is 17.0. The summed E-state index contributed by atoms with van der Waals surface area (Å²) in [6, 6.07) is 17.3. The van der Waals surface area contributed by atoms with Crippen LogP contribution in [0.15, 0.2) is 70.6 Å². The van der Waals surface area contributed by atoms with Gasteiger partial charge in [0.25, 0.3) is 10.1 Å². The molecule has 0 saturated heterocycles. The molecule has 0 aliphatic carbocycles. The molecule has 0 radical (unpaired) electrons. The van der Waals surface area contributed by atoms with Gasteiger partial charge < -0.3 is 4.90 Å². The van der Waals surface area contributed by atoms with Crippen molar-refractivity contribution in [2.75, 3.05) is 11.4 Å². The van der Waals surface area contributed by atoms with Crippen LogP contribution >= 0.6 is 23.4 Å². The van der Waals surface area contributed by atoms with Gasteiger partial charge in [0.15, 0.2) is 5.82 Å². The van der Waals surface area contributed by atoms with Crippen LogP contribution in [0.1, 0.15) is 17.5 Å². The fraction of sp³-hybridized carbons (Fsp3) is 0.158. The number of fused-ring (bicyclic) bond motifs is 2. The normalized spacial score (nSPS) is 14.3. The molecule has 0 saturated carbocycles. The quantitative estimate of drug-likeness (QED) is 0.459. The number of benzene rings is 2. The monoisotopic (exact) mass is 433 g/mol. The van der Waals surface area contributed by atoms with Crippen LogP contribution in [0.2, 0.25) is 5.15 Å². The van der Waals surface area contributed by atoms with E-state index in [0.717, 1.165) is 21.2 Å². The van der Waals surface area contributed by atoms with E-state index in [9.17, 15) is 13.0 Å². The van der Waals surface area contributed by atoms with E-state index in [0.29, 0.717) is 6.54 Å². The second kappa shape index (κ2) is 7.71. The number of halogens is 1. The minimum absolute atomic E-state index is 0.0112. The molecule has 1 aliphatic heterocycles. The lowest BCUT2D eigenvalue weighted by Gasteiger charge is -2.33. The van der Waals surface area contributed by atoms with E-state index in [2.05, 4.69) is 14.9 Å². The molecule has 1 atom stereocenters. The summed E-state index contributed by atoms with van der Waals surface area (Å²) >= 11 is 7.55.